The Morgan fingerprint density at radius 1 is 1.25 bits per heavy atom. The van der Waals surface area contributed by atoms with Crippen LogP contribution >= 0.6 is 0 Å². The number of benzene rings is 1. The molecule has 1 saturated carbocycles. The highest BCUT2D eigenvalue weighted by molar-refractivity contribution is 7.89. The van der Waals surface area contributed by atoms with Crippen LogP contribution in [0, 0.1) is 5.41 Å². The fourth-order valence-corrected chi connectivity index (χ4v) is 4.02. The molecule has 0 spiro atoms. The molecule has 0 bridgehead atoms. The van der Waals surface area contributed by atoms with E-state index < -0.39 is 10.0 Å². The Morgan fingerprint density at radius 2 is 1.95 bits per heavy atom. The molecule has 5 heteroatoms. The van der Waals surface area contributed by atoms with E-state index >= 15 is 0 Å². The summed E-state index contributed by atoms with van der Waals surface area (Å²) in [6.07, 6.45) is 5.76. The van der Waals surface area contributed by atoms with Crippen molar-refractivity contribution in [2.45, 2.75) is 50.5 Å². The molecule has 1 aliphatic carbocycles. The van der Waals surface area contributed by atoms with Crippen LogP contribution in [0.4, 0.5) is 0 Å². The molecule has 0 saturated heterocycles. The molecule has 2 rings (SSSR count). The third-order valence-electron chi connectivity index (χ3n) is 4.14. The summed E-state index contributed by atoms with van der Waals surface area (Å²) in [4.78, 5) is 0.225. The van der Waals surface area contributed by atoms with Crippen molar-refractivity contribution in [3.8, 4) is 0 Å². The SMILES string of the molecule is CC1(CNS(=O)(=O)c2cccc(CO)c2)CCCCC1. The van der Waals surface area contributed by atoms with E-state index in [-0.39, 0.29) is 16.9 Å². The Labute approximate surface area is 121 Å². The standard InChI is InChI=1S/C15H23NO3S/c1-15(8-3-2-4-9-15)12-16-20(18,19)14-7-5-6-13(10-14)11-17/h5-7,10,16-17H,2-4,8-9,11-12H2,1H3. The zero-order valence-corrected chi connectivity index (χ0v) is 12.7. The van der Waals surface area contributed by atoms with E-state index in [9.17, 15) is 8.42 Å². The minimum Gasteiger partial charge on any atom is -0.392 e. The average Bonchev–Trinajstić information content (AvgIpc) is 2.46. The summed E-state index contributed by atoms with van der Waals surface area (Å²) in [6.45, 7) is 2.48. The van der Waals surface area contributed by atoms with Gasteiger partial charge in [-0.1, -0.05) is 38.3 Å². The summed E-state index contributed by atoms with van der Waals surface area (Å²) in [7, 11) is -3.49. The van der Waals surface area contributed by atoms with Gasteiger partial charge in [-0.2, -0.15) is 0 Å². The van der Waals surface area contributed by atoms with E-state index in [1.54, 1.807) is 18.2 Å². The van der Waals surface area contributed by atoms with Gasteiger partial charge in [0.2, 0.25) is 10.0 Å². The summed E-state index contributed by atoms with van der Waals surface area (Å²) in [6, 6.07) is 6.44. The van der Waals surface area contributed by atoms with Crippen molar-refractivity contribution in [1.82, 2.24) is 4.72 Å². The molecular weight excluding hydrogens is 274 g/mol. The average molecular weight is 297 g/mol. The highest BCUT2D eigenvalue weighted by atomic mass is 32.2. The Morgan fingerprint density at radius 3 is 2.60 bits per heavy atom. The fourth-order valence-electron chi connectivity index (χ4n) is 2.75. The van der Waals surface area contributed by atoms with Crippen LogP contribution < -0.4 is 4.72 Å². The molecule has 0 amide bonds. The number of hydrogen-bond acceptors (Lipinski definition) is 3. The third-order valence-corrected chi connectivity index (χ3v) is 5.54. The Kier molecular flexibility index (Phi) is 4.83. The van der Waals surface area contributed by atoms with Crippen molar-refractivity contribution in [2.75, 3.05) is 6.54 Å². The van der Waals surface area contributed by atoms with Crippen molar-refractivity contribution >= 4 is 10.0 Å². The number of nitrogens with one attached hydrogen (secondary N) is 1. The molecule has 0 aromatic heterocycles. The lowest BCUT2D eigenvalue weighted by atomic mass is 9.76. The van der Waals surface area contributed by atoms with Gasteiger partial charge in [-0.25, -0.2) is 13.1 Å². The van der Waals surface area contributed by atoms with E-state index in [0.717, 1.165) is 12.8 Å². The van der Waals surface area contributed by atoms with Crippen LogP contribution in [-0.2, 0) is 16.6 Å². The lowest BCUT2D eigenvalue weighted by Gasteiger charge is -2.33. The molecule has 112 valence electrons. The fraction of sp³-hybridized carbons (Fsp3) is 0.600. The van der Waals surface area contributed by atoms with Gasteiger partial charge >= 0.3 is 0 Å². The van der Waals surface area contributed by atoms with Crippen LogP contribution in [0.5, 0.6) is 0 Å². The van der Waals surface area contributed by atoms with Crippen LogP contribution in [0.3, 0.4) is 0 Å². The summed E-state index contributed by atoms with van der Waals surface area (Å²) in [5.41, 5.74) is 0.677. The Balaban J connectivity index is 2.06. The van der Waals surface area contributed by atoms with E-state index in [0.29, 0.717) is 12.1 Å². The first-order valence-corrected chi connectivity index (χ1v) is 8.63. The normalized spacial score (nSPS) is 18.9. The zero-order chi connectivity index (χ0) is 14.6. The van der Waals surface area contributed by atoms with Crippen LogP contribution in [0.15, 0.2) is 29.2 Å². The van der Waals surface area contributed by atoms with Gasteiger partial charge in [0.25, 0.3) is 0 Å². The molecule has 0 aliphatic heterocycles. The molecule has 0 radical (unpaired) electrons. The van der Waals surface area contributed by atoms with Gasteiger partial charge in [0, 0.05) is 6.54 Å². The number of aliphatic hydroxyl groups is 1. The molecule has 1 aromatic carbocycles. The Hall–Kier alpha value is -0.910. The number of hydrogen-bond donors (Lipinski definition) is 2. The first-order valence-electron chi connectivity index (χ1n) is 7.15. The van der Waals surface area contributed by atoms with Gasteiger partial charge in [0.05, 0.1) is 11.5 Å². The lowest BCUT2D eigenvalue weighted by Crippen LogP contribution is -2.37. The van der Waals surface area contributed by atoms with Crippen molar-refractivity contribution < 1.29 is 13.5 Å². The molecule has 0 heterocycles. The van der Waals surface area contributed by atoms with E-state index in [2.05, 4.69) is 11.6 Å². The smallest absolute Gasteiger partial charge is 0.240 e. The lowest BCUT2D eigenvalue weighted by molar-refractivity contribution is 0.219. The van der Waals surface area contributed by atoms with Crippen LogP contribution in [0.25, 0.3) is 0 Å². The quantitative estimate of drug-likeness (QED) is 0.877. The van der Waals surface area contributed by atoms with Crippen molar-refractivity contribution in [1.29, 1.82) is 0 Å². The second-order valence-corrected chi connectivity index (χ2v) is 7.77. The van der Waals surface area contributed by atoms with Gasteiger partial charge in [-0.3, -0.25) is 0 Å². The second kappa shape index (κ2) is 6.24. The third kappa shape index (κ3) is 3.81. The zero-order valence-electron chi connectivity index (χ0n) is 11.9. The largest absolute Gasteiger partial charge is 0.392 e. The summed E-state index contributed by atoms with van der Waals surface area (Å²) in [5, 5.41) is 9.09. The van der Waals surface area contributed by atoms with Gasteiger partial charge < -0.3 is 5.11 Å². The number of sulfonamides is 1. The van der Waals surface area contributed by atoms with Crippen molar-refractivity contribution in [2.24, 2.45) is 5.41 Å². The monoisotopic (exact) mass is 297 g/mol. The Bertz CT molecular complexity index is 548. The predicted molar refractivity (Wildman–Crippen MR) is 78.7 cm³/mol. The summed E-state index contributed by atoms with van der Waals surface area (Å²) >= 11 is 0. The maximum absolute atomic E-state index is 12.3. The molecule has 0 unspecified atom stereocenters. The summed E-state index contributed by atoms with van der Waals surface area (Å²) < 4.78 is 27.3. The topological polar surface area (TPSA) is 66.4 Å². The van der Waals surface area contributed by atoms with Crippen LogP contribution in [0.2, 0.25) is 0 Å². The van der Waals surface area contributed by atoms with Crippen molar-refractivity contribution in [3.63, 3.8) is 0 Å². The van der Waals surface area contributed by atoms with Crippen molar-refractivity contribution in [3.05, 3.63) is 29.8 Å². The molecule has 20 heavy (non-hydrogen) atoms. The van der Waals surface area contributed by atoms with E-state index in [4.69, 9.17) is 5.11 Å². The molecular formula is C15H23NO3S. The molecule has 1 fully saturated rings. The highest BCUT2D eigenvalue weighted by Gasteiger charge is 2.28. The first-order chi connectivity index (χ1) is 9.45. The van der Waals surface area contributed by atoms with Gasteiger partial charge in [-0.15, -0.1) is 0 Å². The van der Waals surface area contributed by atoms with Crippen LogP contribution in [0.1, 0.15) is 44.6 Å². The molecule has 1 aromatic rings. The van der Waals surface area contributed by atoms with E-state index in [1.165, 1.54) is 25.3 Å². The minimum absolute atomic E-state index is 0.0694. The first kappa shape index (κ1) is 15.5. The maximum Gasteiger partial charge on any atom is 0.240 e. The predicted octanol–water partition coefficient (Wildman–Crippen LogP) is 2.43. The van der Waals surface area contributed by atoms with Crippen LogP contribution in [-0.4, -0.2) is 20.1 Å². The minimum atomic E-state index is -3.49. The molecule has 1 aliphatic rings. The van der Waals surface area contributed by atoms with Gasteiger partial charge in [0.1, 0.15) is 0 Å². The van der Waals surface area contributed by atoms with Gasteiger partial charge in [-0.05, 0) is 36.0 Å². The maximum atomic E-state index is 12.3. The second-order valence-electron chi connectivity index (χ2n) is 6.00. The highest BCUT2D eigenvalue weighted by Crippen LogP contribution is 2.35. The summed E-state index contributed by atoms with van der Waals surface area (Å²) in [5.74, 6) is 0. The van der Waals surface area contributed by atoms with Gasteiger partial charge in [0.15, 0.2) is 0 Å². The number of aliphatic hydroxyl groups excluding tert-OH is 1. The molecule has 2 N–H and O–H groups in total. The molecule has 4 nitrogen and oxygen atoms in total. The van der Waals surface area contributed by atoms with E-state index in [1.807, 2.05) is 0 Å². The molecule has 0 atom stereocenters. The number of rotatable bonds is 5.